The van der Waals surface area contributed by atoms with Crippen LogP contribution in [0.3, 0.4) is 0 Å². The molecular formula is C6H6BrN3S. The van der Waals surface area contributed by atoms with Crippen molar-refractivity contribution in [3.63, 3.8) is 0 Å². The van der Waals surface area contributed by atoms with Crippen LogP contribution in [0.15, 0.2) is 4.73 Å². The Morgan fingerprint density at radius 3 is 2.91 bits per heavy atom. The van der Waals surface area contributed by atoms with Crippen molar-refractivity contribution in [3.05, 3.63) is 10.4 Å². The van der Waals surface area contributed by atoms with Gasteiger partial charge in [-0.15, -0.1) is 0 Å². The summed E-state index contributed by atoms with van der Waals surface area (Å²) in [4.78, 5) is 5.42. The molecule has 0 N–H and O–H groups in total. The van der Waals surface area contributed by atoms with Crippen LogP contribution in [0.4, 0.5) is 0 Å². The van der Waals surface area contributed by atoms with Gasteiger partial charge in [-0.25, -0.2) is 4.98 Å². The van der Waals surface area contributed by atoms with Gasteiger partial charge >= 0.3 is 0 Å². The zero-order chi connectivity index (χ0) is 8.01. The van der Waals surface area contributed by atoms with Crippen LogP contribution in [0.1, 0.15) is 5.69 Å². The second kappa shape index (κ2) is 2.28. The molecule has 3 nitrogen and oxygen atoms in total. The van der Waals surface area contributed by atoms with E-state index < -0.39 is 0 Å². The number of aryl methyl sites for hydroxylation is 2. The molecule has 0 unspecified atom stereocenters. The summed E-state index contributed by atoms with van der Waals surface area (Å²) in [5.41, 5.74) is 2.01. The van der Waals surface area contributed by atoms with Gasteiger partial charge in [-0.05, 0) is 34.4 Å². The van der Waals surface area contributed by atoms with Crippen LogP contribution in [-0.4, -0.2) is 13.9 Å². The molecule has 0 fully saturated rings. The first-order valence-corrected chi connectivity index (χ1v) is 4.71. The quantitative estimate of drug-likeness (QED) is 0.696. The third kappa shape index (κ3) is 0.911. The van der Waals surface area contributed by atoms with Gasteiger partial charge < -0.3 is 4.57 Å². The molecule has 0 atom stereocenters. The molecule has 2 rings (SSSR count). The van der Waals surface area contributed by atoms with E-state index in [1.54, 1.807) is 0 Å². The summed E-state index contributed by atoms with van der Waals surface area (Å²) in [5.74, 6) is 0. The lowest BCUT2D eigenvalue weighted by Gasteiger charge is -1.88. The number of fused-ring (bicyclic) bond motifs is 1. The molecule has 0 saturated heterocycles. The monoisotopic (exact) mass is 231 g/mol. The maximum absolute atomic E-state index is 4.30. The first-order chi connectivity index (χ1) is 5.20. The molecule has 5 heteroatoms. The van der Waals surface area contributed by atoms with Gasteiger partial charge in [0.05, 0.1) is 5.69 Å². The fourth-order valence-corrected chi connectivity index (χ4v) is 2.22. The minimum absolute atomic E-state index is 0.865. The van der Waals surface area contributed by atoms with Crippen molar-refractivity contribution in [2.45, 2.75) is 6.92 Å². The third-order valence-electron chi connectivity index (χ3n) is 1.60. The number of hydrogen-bond donors (Lipinski definition) is 0. The molecule has 0 aliphatic rings. The number of aromatic nitrogens is 3. The summed E-state index contributed by atoms with van der Waals surface area (Å²) in [5, 5.41) is 0. The van der Waals surface area contributed by atoms with E-state index in [4.69, 9.17) is 0 Å². The van der Waals surface area contributed by atoms with E-state index in [2.05, 4.69) is 25.3 Å². The van der Waals surface area contributed by atoms with Crippen LogP contribution >= 0.6 is 27.5 Å². The Labute approximate surface area is 76.4 Å². The van der Waals surface area contributed by atoms with Gasteiger partial charge in [0.25, 0.3) is 0 Å². The van der Waals surface area contributed by atoms with Crippen molar-refractivity contribution >= 4 is 37.8 Å². The van der Waals surface area contributed by atoms with Gasteiger partial charge in [-0.2, -0.15) is 4.37 Å². The molecule has 2 heterocycles. The SMILES string of the molecule is Cc1nsc2c1nc(Br)n2C. The van der Waals surface area contributed by atoms with E-state index in [1.807, 2.05) is 18.5 Å². The van der Waals surface area contributed by atoms with Crippen LogP contribution in [0.5, 0.6) is 0 Å². The zero-order valence-corrected chi connectivity index (χ0v) is 8.53. The Morgan fingerprint density at radius 1 is 1.55 bits per heavy atom. The molecule has 0 amide bonds. The van der Waals surface area contributed by atoms with Crippen LogP contribution < -0.4 is 0 Å². The van der Waals surface area contributed by atoms with E-state index in [0.717, 1.165) is 20.8 Å². The van der Waals surface area contributed by atoms with Crippen LogP contribution in [0.25, 0.3) is 10.3 Å². The van der Waals surface area contributed by atoms with Crippen LogP contribution in [0.2, 0.25) is 0 Å². The van der Waals surface area contributed by atoms with Gasteiger partial charge in [-0.3, -0.25) is 0 Å². The lowest BCUT2D eigenvalue weighted by atomic mass is 10.4. The molecule has 0 aliphatic carbocycles. The predicted octanol–water partition coefficient (Wildman–Crippen LogP) is 2.10. The zero-order valence-electron chi connectivity index (χ0n) is 6.13. The van der Waals surface area contributed by atoms with Gasteiger partial charge in [-0.1, -0.05) is 0 Å². The molecule has 0 radical (unpaired) electrons. The molecule has 2 aromatic rings. The van der Waals surface area contributed by atoms with Crippen LogP contribution in [-0.2, 0) is 7.05 Å². The van der Waals surface area contributed by atoms with E-state index >= 15 is 0 Å². The van der Waals surface area contributed by atoms with Crippen molar-refractivity contribution < 1.29 is 0 Å². The minimum Gasteiger partial charge on any atom is -0.312 e. The van der Waals surface area contributed by atoms with Crippen molar-refractivity contribution in [2.24, 2.45) is 7.05 Å². The summed E-state index contributed by atoms with van der Waals surface area (Å²) in [6.45, 7) is 1.97. The molecule has 0 spiro atoms. The Bertz CT molecular complexity index is 403. The fraction of sp³-hybridized carbons (Fsp3) is 0.333. The van der Waals surface area contributed by atoms with Gasteiger partial charge in [0, 0.05) is 7.05 Å². The average Bonchev–Trinajstić information content (AvgIpc) is 2.43. The molecule has 0 aromatic carbocycles. The number of rotatable bonds is 0. The highest BCUT2D eigenvalue weighted by atomic mass is 79.9. The Morgan fingerprint density at radius 2 is 2.27 bits per heavy atom. The Balaban J connectivity index is 2.93. The van der Waals surface area contributed by atoms with Crippen molar-refractivity contribution in [3.8, 4) is 0 Å². The van der Waals surface area contributed by atoms with Gasteiger partial charge in [0.2, 0.25) is 0 Å². The highest BCUT2D eigenvalue weighted by molar-refractivity contribution is 9.10. The van der Waals surface area contributed by atoms with Gasteiger partial charge in [0.1, 0.15) is 10.3 Å². The lowest BCUT2D eigenvalue weighted by molar-refractivity contribution is 0.918. The summed E-state index contributed by atoms with van der Waals surface area (Å²) in [6.07, 6.45) is 0. The predicted molar refractivity (Wildman–Crippen MR) is 48.8 cm³/mol. The van der Waals surface area contributed by atoms with E-state index in [-0.39, 0.29) is 0 Å². The summed E-state index contributed by atoms with van der Waals surface area (Å²) in [7, 11) is 1.97. The smallest absolute Gasteiger partial charge is 0.178 e. The molecular weight excluding hydrogens is 226 g/mol. The highest BCUT2D eigenvalue weighted by Crippen LogP contribution is 2.24. The normalized spacial score (nSPS) is 11.2. The summed E-state index contributed by atoms with van der Waals surface area (Å²) < 4.78 is 7.05. The molecule has 0 bridgehead atoms. The standard InChI is InChI=1S/C6H6BrN3S/c1-3-4-5(11-9-3)10(2)6(7)8-4/h1-2H3. The lowest BCUT2D eigenvalue weighted by Crippen LogP contribution is -1.84. The molecule has 0 saturated carbocycles. The fourth-order valence-electron chi connectivity index (χ4n) is 0.953. The van der Waals surface area contributed by atoms with E-state index in [9.17, 15) is 0 Å². The van der Waals surface area contributed by atoms with Crippen molar-refractivity contribution in [1.29, 1.82) is 0 Å². The number of halogens is 1. The van der Waals surface area contributed by atoms with Crippen molar-refractivity contribution in [1.82, 2.24) is 13.9 Å². The van der Waals surface area contributed by atoms with E-state index in [1.165, 1.54) is 11.5 Å². The first kappa shape index (κ1) is 7.24. The first-order valence-electron chi connectivity index (χ1n) is 3.14. The molecule has 58 valence electrons. The van der Waals surface area contributed by atoms with Gasteiger partial charge in [0.15, 0.2) is 4.73 Å². The van der Waals surface area contributed by atoms with Crippen molar-refractivity contribution in [2.75, 3.05) is 0 Å². The summed E-state index contributed by atoms with van der Waals surface area (Å²) in [6, 6.07) is 0. The minimum atomic E-state index is 0.865. The molecule has 0 aliphatic heterocycles. The second-order valence-corrected chi connectivity index (χ2v) is 3.82. The Kier molecular flexibility index (Phi) is 1.50. The maximum Gasteiger partial charge on any atom is 0.178 e. The average molecular weight is 232 g/mol. The molecule has 2 aromatic heterocycles. The number of nitrogens with zero attached hydrogens (tertiary/aromatic N) is 3. The topological polar surface area (TPSA) is 30.7 Å². The Hall–Kier alpha value is -0.420. The van der Waals surface area contributed by atoms with Crippen LogP contribution in [0, 0.1) is 6.92 Å². The highest BCUT2D eigenvalue weighted by Gasteiger charge is 2.09. The number of hydrogen-bond acceptors (Lipinski definition) is 3. The summed E-state index contributed by atoms with van der Waals surface area (Å²) >= 11 is 4.83. The van der Waals surface area contributed by atoms with E-state index in [0.29, 0.717) is 0 Å². The third-order valence-corrected chi connectivity index (χ3v) is 3.31. The second-order valence-electron chi connectivity index (χ2n) is 2.36. The maximum atomic E-state index is 4.30. The molecule has 11 heavy (non-hydrogen) atoms. The number of imidazole rings is 1. The largest absolute Gasteiger partial charge is 0.312 e.